The van der Waals surface area contributed by atoms with Gasteiger partial charge in [0.2, 0.25) is 0 Å². The van der Waals surface area contributed by atoms with Crippen molar-refractivity contribution in [2.75, 3.05) is 46.9 Å². The first-order valence-electron chi connectivity index (χ1n) is 6.92. The highest BCUT2D eigenvalue weighted by atomic mass is 79.9. The first-order chi connectivity index (χ1) is 9.19. The third kappa shape index (κ3) is 4.48. The van der Waals surface area contributed by atoms with Crippen molar-refractivity contribution in [1.82, 2.24) is 9.80 Å². The molecule has 4 heteroatoms. The fourth-order valence-corrected chi connectivity index (χ4v) is 2.92. The van der Waals surface area contributed by atoms with E-state index in [1.807, 2.05) is 12.1 Å². The fraction of sp³-hybridized carbons (Fsp3) is 0.600. The number of likely N-dealkylation sites (N-methyl/N-ethyl adjacent to an activating group) is 1. The topological polar surface area (TPSA) is 15.7 Å². The fourth-order valence-electron chi connectivity index (χ4n) is 2.51. The van der Waals surface area contributed by atoms with E-state index in [1.54, 1.807) is 7.11 Å². The zero-order valence-corrected chi connectivity index (χ0v) is 13.4. The van der Waals surface area contributed by atoms with Crippen LogP contribution in [-0.4, -0.2) is 56.7 Å². The second-order valence-electron chi connectivity index (χ2n) is 5.20. The zero-order chi connectivity index (χ0) is 13.7. The lowest BCUT2D eigenvalue weighted by Crippen LogP contribution is -2.44. The number of methoxy groups -OCH3 is 1. The molecule has 0 aliphatic carbocycles. The van der Waals surface area contributed by atoms with Crippen LogP contribution >= 0.6 is 15.9 Å². The summed E-state index contributed by atoms with van der Waals surface area (Å²) < 4.78 is 6.54. The molecule has 0 unspecified atom stereocenters. The highest BCUT2D eigenvalue weighted by molar-refractivity contribution is 9.10. The van der Waals surface area contributed by atoms with Crippen LogP contribution in [0.4, 0.5) is 0 Å². The van der Waals surface area contributed by atoms with E-state index in [4.69, 9.17) is 4.74 Å². The molecule has 0 amide bonds. The van der Waals surface area contributed by atoms with Gasteiger partial charge >= 0.3 is 0 Å². The number of nitrogens with zero attached hydrogens (tertiary/aromatic N) is 2. The molecule has 1 aliphatic rings. The molecule has 2 rings (SSSR count). The summed E-state index contributed by atoms with van der Waals surface area (Å²) in [7, 11) is 3.94. The molecule has 1 fully saturated rings. The molecule has 0 atom stereocenters. The van der Waals surface area contributed by atoms with Crippen LogP contribution in [0.15, 0.2) is 22.7 Å². The van der Waals surface area contributed by atoms with E-state index in [0.29, 0.717) is 0 Å². The molecule has 1 aromatic rings. The van der Waals surface area contributed by atoms with Crippen LogP contribution in [0.1, 0.15) is 12.0 Å². The number of ether oxygens (including phenoxy) is 1. The second kappa shape index (κ2) is 7.27. The number of hydrogen-bond donors (Lipinski definition) is 0. The molecule has 0 N–H and O–H groups in total. The maximum Gasteiger partial charge on any atom is 0.122 e. The molecule has 0 saturated carbocycles. The molecule has 1 heterocycles. The number of piperazine rings is 1. The zero-order valence-electron chi connectivity index (χ0n) is 11.9. The number of hydrogen-bond acceptors (Lipinski definition) is 3. The second-order valence-corrected chi connectivity index (χ2v) is 6.12. The Morgan fingerprint density at radius 1 is 1.21 bits per heavy atom. The lowest BCUT2D eigenvalue weighted by molar-refractivity contribution is 0.153. The van der Waals surface area contributed by atoms with Crippen LogP contribution in [-0.2, 0) is 6.42 Å². The van der Waals surface area contributed by atoms with Gasteiger partial charge in [-0.25, -0.2) is 0 Å². The van der Waals surface area contributed by atoms with Crippen molar-refractivity contribution >= 4 is 15.9 Å². The van der Waals surface area contributed by atoms with Gasteiger partial charge in [-0.2, -0.15) is 0 Å². The maximum atomic E-state index is 5.42. The first kappa shape index (κ1) is 14.8. The molecular weight excluding hydrogens is 304 g/mol. The molecule has 1 aliphatic heterocycles. The Hall–Kier alpha value is -0.580. The average Bonchev–Trinajstić information content (AvgIpc) is 2.41. The third-order valence-corrected chi connectivity index (χ3v) is 4.25. The van der Waals surface area contributed by atoms with E-state index < -0.39 is 0 Å². The van der Waals surface area contributed by atoms with E-state index >= 15 is 0 Å². The van der Waals surface area contributed by atoms with Crippen LogP contribution in [0.2, 0.25) is 0 Å². The number of halogens is 1. The van der Waals surface area contributed by atoms with Gasteiger partial charge in [0.15, 0.2) is 0 Å². The minimum atomic E-state index is 1.00. The van der Waals surface area contributed by atoms with Crippen LogP contribution in [0.5, 0.6) is 5.75 Å². The lowest BCUT2D eigenvalue weighted by Gasteiger charge is -2.32. The Morgan fingerprint density at radius 3 is 2.63 bits per heavy atom. The molecule has 0 spiro atoms. The van der Waals surface area contributed by atoms with E-state index in [2.05, 4.69) is 38.8 Å². The quantitative estimate of drug-likeness (QED) is 0.827. The van der Waals surface area contributed by atoms with E-state index in [-0.39, 0.29) is 0 Å². The highest BCUT2D eigenvalue weighted by Gasteiger charge is 2.13. The SMILES string of the molecule is COc1ccc(Br)cc1CCCN1CCN(C)CC1. The van der Waals surface area contributed by atoms with Gasteiger partial charge in [0.05, 0.1) is 7.11 Å². The summed E-state index contributed by atoms with van der Waals surface area (Å²) in [6.45, 7) is 5.97. The molecule has 1 saturated heterocycles. The van der Waals surface area contributed by atoms with Crippen molar-refractivity contribution in [3.63, 3.8) is 0 Å². The Kier molecular flexibility index (Phi) is 5.67. The summed E-state index contributed by atoms with van der Waals surface area (Å²) in [5.74, 6) is 1.00. The summed E-state index contributed by atoms with van der Waals surface area (Å²) in [6.07, 6.45) is 2.27. The normalized spacial score (nSPS) is 17.6. The summed E-state index contributed by atoms with van der Waals surface area (Å²) in [5.41, 5.74) is 1.30. The van der Waals surface area contributed by atoms with Gasteiger partial charge in [0.1, 0.15) is 5.75 Å². The number of aryl methyl sites for hydroxylation is 1. The van der Waals surface area contributed by atoms with Gasteiger partial charge in [-0.3, -0.25) is 0 Å². The van der Waals surface area contributed by atoms with Crippen molar-refractivity contribution in [2.24, 2.45) is 0 Å². The molecule has 106 valence electrons. The molecule has 0 bridgehead atoms. The van der Waals surface area contributed by atoms with Gasteiger partial charge in [-0.05, 0) is 50.2 Å². The minimum absolute atomic E-state index is 1.00. The Labute approximate surface area is 124 Å². The van der Waals surface area contributed by atoms with Crippen molar-refractivity contribution in [1.29, 1.82) is 0 Å². The smallest absolute Gasteiger partial charge is 0.122 e. The largest absolute Gasteiger partial charge is 0.496 e. The predicted molar refractivity (Wildman–Crippen MR) is 83.0 cm³/mol. The van der Waals surface area contributed by atoms with E-state index in [0.717, 1.165) is 16.6 Å². The Balaban J connectivity index is 1.80. The monoisotopic (exact) mass is 326 g/mol. The number of benzene rings is 1. The Morgan fingerprint density at radius 2 is 1.95 bits per heavy atom. The van der Waals surface area contributed by atoms with Crippen molar-refractivity contribution in [3.8, 4) is 5.75 Å². The first-order valence-corrected chi connectivity index (χ1v) is 7.71. The predicted octanol–water partition coefficient (Wildman–Crippen LogP) is 2.64. The van der Waals surface area contributed by atoms with Gasteiger partial charge in [0.25, 0.3) is 0 Å². The molecule has 0 radical (unpaired) electrons. The average molecular weight is 327 g/mol. The van der Waals surface area contributed by atoms with Crippen LogP contribution in [0.25, 0.3) is 0 Å². The van der Waals surface area contributed by atoms with Crippen LogP contribution < -0.4 is 4.74 Å². The summed E-state index contributed by atoms with van der Waals surface area (Å²) in [4.78, 5) is 4.96. The van der Waals surface area contributed by atoms with Crippen molar-refractivity contribution in [2.45, 2.75) is 12.8 Å². The third-order valence-electron chi connectivity index (χ3n) is 3.76. The van der Waals surface area contributed by atoms with E-state index in [1.165, 1.54) is 44.7 Å². The highest BCUT2D eigenvalue weighted by Crippen LogP contribution is 2.24. The van der Waals surface area contributed by atoms with E-state index in [9.17, 15) is 0 Å². The van der Waals surface area contributed by atoms with Crippen molar-refractivity contribution in [3.05, 3.63) is 28.2 Å². The maximum absolute atomic E-state index is 5.42. The van der Waals surface area contributed by atoms with Crippen molar-refractivity contribution < 1.29 is 4.74 Å². The molecule has 19 heavy (non-hydrogen) atoms. The number of rotatable bonds is 5. The standard InChI is InChI=1S/C15H23BrN2O/c1-17-8-10-18(11-9-17)7-3-4-13-12-14(16)5-6-15(13)19-2/h5-6,12H,3-4,7-11H2,1-2H3. The summed E-state index contributed by atoms with van der Waals surface area (Å²) in [6, 6.07) is 6.24. The minimum Gasteiger partial charge on any atom is -0.496 e. The lowest BCUT2D eigenvalue weighted by atomic mass is 10.1. The Bertz CT molecular complexity index is 403. The van der Waals surface area contributed by atoms with Gasteiger partial charge in [0, 0.05) is 30.7 Å². The molecular formula is C15H23BrN2O. The van der Waals surface area contributed by atoms with Gasteiger partial charge in [-0.15, -0.1) is 0 Å². The van der Waals surface area contributed by atoms with Crippen LogP contribution in [0.3, 0.4) is 0 Å². The molecule has 0 aromatic heterocycles. The molecule has 1 aromatic carbocycles. The van der Waals surface area contributed by atoms with Crippen LogP contribution in [0, 0.1) is 0 Å². The summed E-state index contributed by atoms with van der Waals surface area (Å²) >= 11 is 3.53. The van der Waals surface area contributed by atoms with Gasteiger partial charge in [-0.1, -0.05) is 15.9 Å². The molecule has 3 nitrogen and oxygen atoms in total. The summed E-state index contributed by atoms with van der Waals surface area (Å²) in [5, 5.41) is 0. The van der Waals surface area contributed by atoms with Gasteiger partial charge < -0.3 is 14.5 Å².